The second kappa shape index (κ2) is 7.60. The second-order valence-electron chi connectivity index (χ2n) is 6.64. The largest absolute Gasteiger partial charge is 0.338 e. The number of fused-ring (bicyclic) bond motifs is 2. The number of amides is 1. The van der Waals surface area contributed by atoms with Crippen molar-refractivity contribution in [1.82, 2.24) is 9.97 Å². The van der Waals surface area contributed by atoms with Crippen LogP contribution in [0.15, 0.2) is 60.7 Å². The van der Waals surface area contributed by atoms with Crippen LogP contribution in [0.3, 0.4) is 0 Å². The van der Waals surface area contributed by atoms with Gasteiger partial charge in [0.05, 0.1) is 26.8 Å². The number of para-hydroxylation sites is 2. The van der Waals surface area contributed by atoms with Crippen LogP contribution in [0, 0.1) is 0 Å². The number of nitrogens with one attached hydrogen (secondary N) is 2. The summed E-state index contributed by atoms with van der Waals surface area (Å²) in [6, 6.07) is 18.5. The standard InChI is InChI=1S/C22H12Cl3N3OS/c23-12-6-7-13-18(10-12)30-20(19(13)25)22(29)28-17-9-11(5-8-14(17)24)21-26-15-3-1-2-4-16(15)27-21/h1-10H,(H,26,27)(H,28,29). The van der Waals surface area contributed by atoms with Gasteiger partial charge < -0.3 is 10.3 Å². The van der Waals surface area contributed by atoms with E-state index < -0.39 is 0 Å². The highest BCUT2D eigenvalue weighted by Gasteiger charge is 2.19. The molecule has 4 nitrogen and oxygen atoms in total. The molecule has 8 heteroatoms. The number of H-pyrrole nitrogens is 1. The van der Waals surface area contributed by atoms with E-state index in [0.717, 1.165) is 26.7 Å². The fourth-order valence-electron chi connectivity index (χ4n) is 3.22. The van der Waals surface area contributed by atoms with Crippen LogP contribution >= 0.6 is 46.1 Å². The summed E-state index contributed by atoms with van der Waals surface area (Å²) in [6.45, 7) is 0. The van der Waals surface area contributed by atoms with E-state index in [1.54, 1.807) is 24.3 Å². The molecule has 0 aliphatic heterocycles. The zero-order valence-corrected chi connectivity index (χ0v) is 18.3. The molecule has 0 aliphatic carbocycles. The van der Waals surface area contributed by atoms with Crippen molar-refractivity contribution in [1.29, 1.82) is 0 Å². The Balaban J connectivity index is 1.49. The number of hydrogen-bond donors (Lipinski definition) is 2. The maximum absolute atomic E-state index is 12.9. The smallest absolute Gasteiger partial charge is 0.267 e. The SMILES string of the molecule is O=C(Nc1cc(-c2nc3ccccc3[nH]2)ccc1Cl)c1sc2cc(Cl)ccc2c1Cl. The van der Waals surface area contributed by atoms with E-state index in [9.17, 15) is 4.79 Å². The molecular weight excluding hydrogens is 461 g/mol. The number of benzene rings is 3. The number of halogens is 3. The van der Waals surface area contributed by atoms with E-state index in [1.165, 1.54) is 11.3 Å². The number of anilines is 1. The summed E-state index contributed by atoms with van der Waals surface area (Å²) in [6.07, 6.45) is 0. The van der Waals surface area contributed by atoms with Crippen LogP contribution in [0.25, 0.3) is 32.5 Å². The van der Waals surface area contributed by atoms with Crippen LogP contribution < -0.4 is 5.32 Å². The van der Waals surface area contributed by atoms with Crippen molar-refractivity contribution in [2.24, 2.45) is 0 Å². The van der Waals surface area contributed by atoms with Gasteiger partial charge in [-0.2, -0.15) is 0 Å². The maximum atomic E-state index is 12.9. The second-order valence-corrected chi connectivity index (χ2v) is 8.91. The fourth-order valence-corrected chi connectivity index (χ4v) is 5.08. The minimum absolute atomic E-state index is 0.332. The lowest BCUT2D eigenvalue weighted by atomic mass is 10.2. The molecule has 5 aromatic rings. The monoisotopic (exact) mass is 471 g/mol. The lowest BCUT2D eigenvalue weighted by Crippen LogP contribution is -2.11. The van der Waals surface area contributed by atoms with Crippen molar-refractivity contribution in [3.8, 4) is 11.4 Å². The summed E-state index contributed by atoms with van der Waals surface area (Å²) in [5.74, 6) is 0.360. The number of imidazole rings is 1. The molecule has 1 amide bonds. The number of nitrogens with zero attached hydrogens (tertiary/aromatic N) is 1. The lowest BCUT2D eigenvalue weighted by Gasteiger charge is -2.08. The van der Waals surface area contributed by atoms with Crippen LogP contribution in [-0.4, -0.2) is 15.9 Å². The van der Waals surface area contributed by atoms with Gasteiger partial charge in [0, 0.05) is 20.7 Å². The van der Waals surface area contributed by atoms with Crippen molar-refractivity contribution in [2.45, 2.75) is 0 Å². The number of hydrogen-bond acceptors (Lipinski definition) is 3. The summed E-state index contributed by atoms with van der Waals surface area (Å²) < 4.78 is 0.847. The molecule has 30 heavy (non-hydrogen) atoms. The Hall–Kier alpha value is -2.57. The molecule has 2 aromatic heterocycles. The Morgan fingerprint density at radius 3 is 2.67 bits per heavy atom. The first-order valence-corrected chi connectivity index (χ1v) is 10.9. The summed E-state index contributed by atoms with van der Waals surface area (Å²) in [4.78, 5) is 21.2. The minimum atomic E-state index is -0.332. The third-order valence-electron chi connectivity index (χ3n) is 4.68. The molecule has 0 aliphatic rings. The minimum Gasteiger partial charge on any atom is -0.338 e. The Morgan fingerprint density at radius 1 is 1.00 bits per heavy atom. The van der Waals surface area contributed by atoms with Crippen LogP contribution in [0.5, 0.6) is 0 Å². The molecule has 0 saturated carbocycles. The number of carbonyl (C=O) groups is 1. The number of rotatable bonds is 3. The fraction of sp³-hybridized carbons (Fsp3) is 0. The molecule has 5 rings (SSSR count). The van der Waals surface area contributed by atoms with Crippen LogP contribution in [-0.2, 0) is 0 Å². The normalized spacial score (nSPS) is 11.3. The van der Waals surface area contributed by atoms with Crippen LogP contribution in [0.2, 0.25) is 15.1 Å². The average Bonchev–Trinajstić information content (AvgIpc) is 3.30. The average molecular weight is 473 g/mol. The molecule has 0 saturated heterocycles. The molecule has 2 heterocycles. The van der Waals surface area contributed by atoms with E-state index >= 15 is 0 Å². The lowest BCUT2D eigenvalue weighted by molar-refractivity contribution is 0.103. The molecule has 0 spiro atoms. The third kappa shape index (κ3) is 3.44. The molecule has 0 unspecified atom stereocenters. The van der Waals surface area contributed by atoms with Gasteiger partial charge in [0.1, 0.15) is 10.7 Å². The van der Waals surface area contributed by atoms with Gasteiger partial charge in [0.25, 0.3) is 5.91 Å². The number of aromatic amines is 1. The van der Waals surface area contributed by atoms with E-state index in [0.29, 0.717) is 31.5 Å². The van der Waals surface area contributed by atoms with Crippen molar-refractivity contribution >= 4 is 78.9 Å². The van der Waals surface area contributed by atoms with Gasteiger partial charge in [-0.3, -0.25) is 4.79 Å². The van der Waals surface area contributed by atoms with E-state index in [2.05, 4.69) is 15.3 Å². The van der Waals surface area contributed by atoms with Crippen molar-refractivity contribution in [3.63, 3.8) is 0 Å². The Kier molecular flexibility index (Phi) is 4.91. The predicted molar refractivity (Wildman–Crippen MR) is 126 cm³/mol. The van der Waals surface area contributed by atoms with Gasteiger partial charge in [-0.15, -0.1) is 11.3 Å². The maximum Gasteiger partial charge on any atom is 0.267 e. The van der Waals surface area contributed by atoms with Crippen molar-refractivity contribution in [3.05, 3.63) is 80.6 Å². The zero-order chi connectivity index (χ0) is 20.8. The highest BCUT2D eigenvalue weighted by atomic mass is 35.5. The third-order valence-corrected chi connectivity index (χ3v) is 6.90. The predicted octanol–water partition coefficient (Wildman–Crippen LogP) is 7.66. The van der Waals surface area contributed by atoms with Crippen molar-refractivity contribution in [2.75, 3.05) is 5.32 Å². The Labute approximate surface area is 190 Å². The molecule has 3 aromatic carbocycles. The number of thiophene rings is 1. The van der Waals surface area contributed by atoms with Gasteiger partial charge in [0.15, 0.2) is 0 Å². The van der Waals surface area contributed by atoms with Gasteiger partial charge >= 0.3 is 0 Å². The summed E-state index contributed by atoms with van der Waals surface area (Å²) in [5, 5.41) is 5.07. The Morgan fingerprint density at radius 2 is 1.83 bits per heavy atom. The number of aromatic nitrogens is 2. The van der Waals surface area contributed by atoms with Crippen molar-refractivity contribution < 1.29 is 4.79 Å². The molecular formula is C22H12Cl3N3OS. The molecule has 0 radical (unpaired) electrons. The quantitative estimate of drug-likeness (QED) is 0.283. The summed E-state index contributed by atoms with van der Waals surface area (Å²) in [7, 11) is 0. The molecule has 0 bridgehead atoms. The molecule has 0 atom stereocenters. The first kappa shape index (κ1) is 19.4. The summed E-state index contributed by atoms with van der Waals surface area (Å²) >= 11 is 20.1. The van der Waals surface area contributed by atoms with E-state index in [-0.39, 0.29) is 5.91 Å². The topological polar surface area (TPSA) is 57.8 Å². The molecule has 0 fully saturated rings. The highest BCUT2D eigenvalue weighted by molar-refractivity contribution is 7.21. The van der Waals surface area contributed by atoms with Gasteiger partial charge in [-0.05, 0) is 42.5 Å². The highest BCUT2D eigenvalue weighted by Crippen LogP contribution is 2.37. The van der Waals surface area contributed by atoms with E-state index in [1.807, 2.05) is 36.4 Å². The zero-order valence-electron chi connectivity index (χ0n) is 15.2. The van der Waals surface area contributed by atoms with Crippen LogP contribution in [0.4, 0.5) is 5.69 Å². The van der Waals surface area contributed by atoms with Gasteiger partial charge in [-0.25, -0.2) is 4.98 Å². The van der Waals surface area contributed by atoms with Crippen LogP contribution in [0.1, 0.15) is 9.67 Å². The summed E-state index contributed by atoms with van der Waals surface area (Å²) in [5.41, 5.74) is 3.08. The first-order chi connectivity index (χ1) is 14.5. The van der Waals surface area contributed by atoms with E-state index in [4.69, 9.17) is 34.8 Å². The Bertz CT molecular complexity index is 1410. The van der Waals surface area contributed by atoms with Gasteiger partial charge in [0.2, 0.25) is 0 Å². The van der Waals surface area contributed by atoms with Gasteiger partial charge in [-0.1, -0.05) is 53.0 Å². The first-order valence-electron chi connectivity index (χ1n) is 8.93. The number of carbonyl (C=O) groups excluding carboxylic acids is 1. The molecule has 148 valence electrons. The molecule has 2 N–H and O–H groups in total.